The van der Waals surface area contributed by atoms with E-state index in [9.17, 15) is 0 Å². The fraction of sp³-hybridized carbons (Fsp3) is 0.0217. The summed E-state index contributed by atoms with van der Waals surface area (Å²) in [7, 11) is 0. The molecule has 0 bridgehead atoms. The van der Waals surface area contributed by atoms with Gasteiger partial charge in [-0.3, -0.25) is 0 Å². The Balaban J connectivity index is 1.18. The van der Waals surface area contributed by atoms with Gasteiger partial charge in [-0.25, -0.2) is 15.0 Å². The molecule has 0 saturated carbocycles. The summed E-state index contributed by atoms with van der Waals surface area (Å²) in [5.41, 5.74) is 9.73. The largest absolute Gasteiger partial charge is 0.317 e. The first-order chi connectivity index (χ1) is 25.2. The molecule has 5 heteroatoms. The average Bonchev–Trinajstić information content (AvgIpc) is 3.77. The fourth-order valence-electron chi connectivity index (χ4n) is 7.45. The number of hydrogen-bond acceptors (Lipinski definition) is 3. The maximum absolute atomic E-state index is 5.03. The maximum Gasteiger partial charge on any atom is 0.164 e. The van der Waals surface area contributed by atoms with Gasteiger partial charge in [-0.05, 0) is 72.5 Å². The molecule has 0 unspecified atom stereocenters. The Bertz CT molecular complexity index is 2850. The predicted molar refractivity (Wildman–Crippen MR) is 210 cm³/mol. The quantitative estimate of drug-likeness (QED) is 0.186. The van der Waals surface area contributed by atoms with E-state index in [1.54, 1.807) is 0 Å². The molecule has 240 valence electrons. The van der Waals surface area contributed by atoms with Gasteiger partial charge < -0.3 is 9.13 Å². The van der Waals surface area contributed by atoms with E-state index >= 15 is 0 Å². The molecule has 3 heterocycles. The molecule has 10 aromatic rings. The van der Waals surface area contributed by atoms with E-state index in [1.807, 2.05) is 60.7 Å². The number of benzene rings is 7. The Morgan fingerprint density at radius 3 is 1.75 bits per heavy atom. The van der Waals surface area contributed by atoms with Gasteiger partial charge in [0.2, 0.25) is 0 Å². The van der Waals surface area contributed by atoms with Crippen molar-refractivity contribution in [3.05, 3.63) is 176 Å². The first kappa shape index (κ1) is 29.1. The smallest absolute Gasteiger partial charge is 0.164 e. The van der Waals surface area contributed by atoms with Crippen LogP contribution in [0.3, 0.4) is 0 Å². The van der Waals surface area contributed by atoms with Gasteiger partial charge in [-0.15, -0.1) is 0 Å². The molecule has 0 aliphatic heterocycles. The van der Waals surface area contributed by atoms with Crippen molar-refractivity contribution in [2.75, 3.05) is 0 Å². The molecular formula is C46H31N5. The molecule has 51 heavy (non-hydrogen) atoms. The molecule has 5 nitrogen and oxygen atoms in total. The van der Waals surface area contributed by atoms with Gasteiger partial charge in [-0.1, -0.05) is 109 Å². The van der Waals surface area contributed by atoms with E-state index in [4.69, 9.17) is 15.0 Å². The second-order valence-corrected chi connectivity index (χ2v) is 13.1. The summed E-state index contributed by atoms with van der Waals surface area (Å²) >= 11 is 0. The molecule has 0 amide bonds. The summed E-state index contributed by atoms with van der Waals surface area (Å²) in [6.45, 7) is 2.13. The molecule has 0 radical (unpaired) electrons. The number of aromatic nitrogens is 5. The summed E-state index contributed by atoms with van der Waals surface area (Å²) in [5.74, 6) is 1.94. The second kappa shape index (κ2) is 11.6. The third-order valence-corrected chi connectivity index (χ3v) is 9.77. The van der Waals surface area contributed by atoms with E-state index in [-0.39, 0.29) is 0 Å². The molecule has 0 fully saturated rings. The van der Waals surface area contributed by atoms with Crippen LogP contribution in [-0.4, -0.2) is 24.1 Å². The molecule has 0 aliphatic carbocycles. The average molecular weight is 654 g/mol. The van der Waals surface area contributed by atoms with Gasteiger partial charge in [0.15, 0.2) is 17.5 Å². The Kier molecular flexibility index (Phi) is 6.64. The van der Waals surface area contributed by atoms with Crippen molar-refractivity contribution in [2.45, 2.75) is 6.92 Å². The van der Waals surface area contributed by atoms with Gasteiger partial charge in [0.25, 0.3) is 0 Å². The molecule has 0 aliphatic rings. The van der Waals surface area contributed by atoms with Crippen molar-refractivity contribution in [3.63, 3.8) is 0 Å². The van der Waals surface area contributed by atoms with Crippen LogP contribution >= 0.6 is 0 Å². The summed E-state index contributed by atoms with van der Waals surface area (Å²) in [4.78, 5) is 15.0. The van der Waals surface area contributed by atoms with Crippen LogP contribution in [0.2, 0.25) is 0 Å². The standard InChI is InChI=1S/C46H31N5/c1-30-25-35(46-48-44(31-13-5-2-6-14-31)47-45(49-46)32-15-7-3-8-16-32)28-37(26-30)50-24-23-34-27-33-21-22-39-38-19-11-12-20-41(38)51(36-17-9-4-10-18-36)43(39)40(33)29-42(34)50/h2-29H,1H3. The minimum absolute atomic E-state index is 0.642. The zero-order valence-electron chi connectivity index (χ0n) is 27.9. The van der Waals surface area contributed by atoms with Crippen LogP contribution in [0.1, 0.15) is 5.56 Å². The first-order valence-corrected chi connectivity index (χ1v) is 17.2. The van der Waals surface area contributed by atoms with E-state index < -0.39 is 0 Å². The van der Waals surface area contributed by atoms with Gasteiger partial charge in [-0.2, -0.15) is 0 Å². The monoisotopic (exact) mass is 653 g/mol. The molecule has 7 aromatic carbocycles. The van der Waals surface area contributed by atoms with E-state index in [0.717, 1.165) is 39.1 Å². The van der Waals surface area contributed by atoms with Gasteiger partial charge in [0.05, 0.1) is 16.6 Å². The molecule has 0 spiro atoms. The molecular weight excluding hydrogens is 623 g/mol. The normalized spacial score (nSPS) is 11.6. The van der Waals surface area contributed by atoms with Crippen molar-refractivity contribution in [1.29, 1.82) is 0 Å². The zero-order valence-corrected chi connectivity index (χ0v) is 27.9. The third-order valence-electron chi connectivity index (χ3n) is 9.77. The summed E-state index contributed by atoms with van der Waals surface area (Å²) in [6.07, 6.45) is 2.17. The van der Waals surface area contributed by atoms with Crippen molar-refractivity contribution < 1.29 is 0 Å². The molecule has 10 rings (SSSR count). The highest BCUT2D eigenvalue weighted by Crippen LogP contribution is 2.39. The fourth-order valence-corrected chi connectivity index (χ4v) is 7.45. The number of para-hydroxylation sites is 2. The summed E-state index contributed by atoms with van der Waals surface area (Å²) in [6, 6.07) is 57.6. The molecule has 3 aromatic heterocycles. The molecule has 0 N–H and O–H groups in total. The van der Waals surface area contributed by atoms with Crippen LogP contribution < -0.4 is 0 Å². The minimum atomic E-state index is 0.642. The lowest BCUT2D eigenvalue weighted by atomic mass is 10.0. The van der Waals surface area contributed by atoms with Crippen LogP contribution in [0.15, 0.2) is 170 Å². The third kappa shape index (κ3) is 4.90. The van der Waals surface area contributed by atoms with Crippen LogP contribution in [-0.2, 0) is 0 Å². The Hall–Kier alpha value is -6.85. The van der Waals surface area contributed by atoms with Crippen LogP contribution in [0.5, 0.6) is 0 Å². The van der Waals surface area contributed by atoms with Crippen molar-refractivity contribution in [2.24, 2.45) is 0 Å². The summed E-state index contributed by atoms with van der Waals surface area (Å²) in [5, 5.41) is 6.11. The number of hydrogen-bond donors (Lipinski definition) is 0. The Morgan fingerprint density at radius 2 is 1.04 bits per heavy atom. The van der Waals surface area contributed by atoms with Gasteiger partial charge in [0, 0.05) is 55.8 Å². The highest BCUT2D eigenvalue weighted by atomic mass is 15.0. The first-order valence-electron chi connectivity index (χ1n) is 17.2. The van der Waals surface area contributed by atoms with Crippen LogP contribution in [0.25, 0.3) is 89.0 Å². The lowest BCUT2D eigenvalue weighted by Gasteiger charge is -2.13. The molecule has 0 saturated heterocycles. The highest BCUT2D eigenvalue weighted by Gasteiger charge is 2.18. The van der Waals surface area contributed by atoms with Gasteiger partial charge >= 0.3 is 0 Å². The summed E-state index contributed by atoms with van der Waals surface area (Å²) < 4.78 is 4.70. The number of aryl methyl sites for hydroxylation is 1. The Labute approximate surface area is 294 Å². The lowest BCUT2D eigenvalue weighted by molar-refractivity contribution is 1.07. The second-order valence-electron chi connectivity index (χ2n) is 13.1. The molecule has 0 atom stereocenters. The number of fused-ring (bicyclic) bond motifs is 6. The topological polar surface area (TPSA) is 48.5 Å². The van der Waals surface area contributed by atoms with E-state index in [1.165, 1.54) is 38.0 Å². The lowest BCUT2D eigenvalue weighted by Crippen LogP contribution is -2.01. The van der Waals surface area contributed by atoms with Crippen molar-refractivity contribution in [1.82, 2.24) is 24.1 Å². The van der Waals surface area contributed by atoms with Gasteiger partial charge in [0.1, 0.15) is 0 Å². The van der Waals surface area contributed by atoms with E-state index in [0.29, 0.717) is 17.5 Å². The van der Waals surface area contributed by atoms with E-state index in [2.05, 4.69) is 125 Å². The zero-order chi connectivity index (χ0) is 33.9. The van der Waals surface area contributed by atoms with Crippen molar-refractivity contribution >= 4 is 43.5 Å². The SMILES string of the molecule is Cc1cc(-c2nc(-c3ccccc3)nc(-c3ccccc3)n2)cc(-n2ccc3cc4ccc5c6ccccc6n(-c6ccccc6)c5c4cc32)c1. The number of nitrogens with zero attached hydrogens (tertiary/aromatic N) is 5. The van der Waals surface area contributed by atoms with Crippen molar-refractivity contribution in [3.8, 4) is 45.5 Å². The highest BCUT2D eigenvalue weighted by molar-refractivity contribution is 6.20. The minimum Gasteiger partial charge on any atom is -0.317 e. The Morgan fingerprint density at radius 1 is 0.412 bits per heavy atom. The maximum atomic E-state index is 5.03. The predicted octanol–water partition coefficient (Wildman–Crippen LogP) is 11.4. The van der Waals surface area contributed by atoms with Crippen LogP contribution in [0.4, 0.5) is 0 Å². The van der Waals surface area contributed by atoms with Crippen LogP contribution in [0, 0.1) is 6.92 Å². The number of rotatable bonds is 5.